The molecule has 0 saturated carbocycles. The van der Waals surface area contributed by atoms with Crippen molar-refractivity contribution >= 4 is 35.5 Å². The number of aliphatic carboxylic acids is 1. The molecule has 1 heterocycles. The van der Waals surface area contributed by atoms with Crippen LogP contribution in [-0.4, -0.2) is 51.7 Å². The first-order valence-electron chi connectivity index (χ1n) is 16.6. The van der Waals surface area contributed by atoms with Crippen molar-refractivity contribution in [2.75, 3.05) is 5.75 Å². The fourth-order valence-electron chi connectivity index (χ4n) is 5.40. The number of hydrogen-bond acceptors (Lipinski definition) is 8. The second kappa shape index (κ2) is 19.1. The molecule has 3 aromatic carbocycles. The van der Waals surface area contributed by atoms with Gasteiger partial charge in [0.15, 0.2) is 0 Å². The lowest BCUT2D eigenvalue weighted by Gasteiger charge is -2.35. The Morgan fingerprint density at radius 3 is 1.98 bits per heavy atom. The van der Waals surface area contributed by atoms with E-state index in [1.165, 1.54) is 19.9 Å². The normalized spacial score (nSPS) is 12.9. The van der Waals surface area contributed by atoms with Crippen molar-refractivity contribution in [3.05, 3.63) is 161 Å². The van der Waals surface area contributed by atoms with E-state index in [4.69, 9.17) is 10.5 Å². The van der Waals surface area contributed by atoms with Gasteiger partial charge in [-0.05, 0) is 60.9 Å². The van der Waals surface area contributed by atoms with Gasteiger partial charge in [0.2, 0.25) is 0 Å². The first-order chi connectivity index (χ1) is 25.1. The van der Waals surface area contributed by atoms with Gasteiger partial charge in [0.25, 0.3) is 11.8 Å². The zero-order valence-electron chi connectivity index (χ0n) is 28.8. The Hall–Kier alpha value is -5.59. The molecule has 0 aliphatic heterocycles. The van der Waals surface area contributed by atoms with Crippen molar-refractivity contribution in [2.45, 2.75) is 50.1 Å². The summed E-state index contributed by atoms with van der Waals surface area (Å²) in [5, 5.41) is 14.4. The molecule has 5 N–H and O–H groups in total. The predicted molar refractivity (Wildman–Crippen MR) is 198 cm³/mol. The summed E-state index contributed by atoms with van der Waals surface area (Å²) in [5.74, 6) is -3.65. The number of carboxylic acid groups (broad SMARTS) is 1. The Labute approximate surface area is 306 Å². The van der Waals surface area contributed by atoms with E-state index in [1.807, 2.05) is 54.6 Å². The van der Waals surface area contributed by atoms with E-state index in [0.717, 1.165) is 28.8 Å². The number of allylic oxidation sites excluding steroid dienone is 2. The SMILES string of the molecule is C/C=C(\NC(=O)c1ccc(F)c(CN)n1)C(=O)N[C@@H](C)C(=O)O[C@H](/C=C/CCSC(c1ccccc1)(c1ccccc1)c1ccccc1)CC(=O)O. The highest BCUT2D eigenvalue weighted by atomic mass is 32.2. The summed E-state index contributed by atoms with van der Waals surface area (Å²) in [4.78, 5) is 54.1. The molecule has 0 radical (unpaired) electrons. The Kier molecular flexibility index (Phi) is 14.4. The summed E-state index contributed by atoms with van der Waals surface area (Å²) in [5.41, 5.74) is 8.34. The van der Waals surface area contributed by atoms with Gasteiger partial charge >= 0.3 is 11.9 Å². The van der Waals surface area contributed by atoms with Crippen LogP contribution in [0.4, 0.5) is 4.39 Å². The first-order valence-corrected chi connectivity index (χ1v) is 17.6. The van der Waals surface area contributed by atoms with Crippen LogP contribution in [0.15, 0.2) is 127 Å². The quantitative estimate of drug-likeness (QED) is 0.0343. The monoisotopic (exact) mass is 724 g/mol. The third-order valence-electron chi connectivity index (χ3n) is 7.97. The van der Waals surface area contributed by atoms with Crippen molar-refractivity contribution in [3.8, 4) is 0 Å². The lowest BCUT2D eigenvalue weighted by Crippen LogP contribution is -2.44. The maximum atomic E-state index is 13.8. The van der Waals surface area contributed by atoms with Crippen molar-refractivity contribution in [1.82, 2.24) is 15.6 Å². The summed E-state index contributed by atoms with van der Waals surface area (Å²) < 4.78 is 18.7. The van der Waals surface area contributed by atoms with Crippen LogP contribution in [0, 0.1) is 5.82 Å². The fourth-order valence-corrected chi connectivity index (χ4v) is 6.87. The molecule has 0 saturated heterocycles. The van der Waals surface area contributed by atoms with E-state index in [0.29, 0.717) is 12.2 Å². The average molecular weight is 725 g/mol. The Bertz CT molecular complexity index is 1790. The van der Waals surface area contributed by atoms with Crippen LogP contribution in [0.3, 0.4) is 0 Å². The molecular weight excluding hydrogens is 684 g/mol. The Balaban J connectivity index is 1.40. The number of amides is 2. The van der Waals surface area contributed by atoms with Crippen LogP contribution >= 0.6 is 11.8 Å². The number of pyridine rings is 1. The molecule has 2 amide bonds. The van der Waals surface area contributed by atoms with Crippen LogP contribution in [0.5, 0.6) is 0 Å². The highest BCUT2D eigenvalue weighted by Crippen LogP contribution is 2.48. The van der Waals surface area contributed by atoms with Gasteiger partial charge in [-0.3, -0.25) is 14.4 Å². The van der Waals surface area contributed by atoms with Gasteiger partial charge in [0.1, 0.15) is 29.4 Å². The van der Waals surface area contributed by atoms with E-state index in [-0.39, 0.29) is 23.6 Å². The zero-order chi connectivity index (χ0) is 37.5. The van der Waals surface area contributed by atoms with Gasteiger partial charge in [-0.1, -0.05) is 103 Å². The van der Waals surface area contributed by atoms with E-state index < -0.39 is 52.9 Å². The number of ether oxygens (including phenoxy) is 1. The largest absolute Gasteiger partial charge is 0.481 e. The van der Waals surface area contributed by atoms with E-state index in [2.05, 4.69) is 52.0 Å². The molecule has 12 heteroatoms. The first kappa shape index (κ1) is 39.2. The molecule has 4 aromatic rings. The predicted octanol–water partition coefficient (Wildman–Crippen LogP) is 5.88. The van der Waals surface area contributed by atoms with Crippen LogP contribution in [0.1, 0.15) is 59.6 Å². The number of thioether (sulfide) groups is 1. The topological polar surface area (TPSA) is 161 Å². The van der Waals surface area contributed by atoms with Crippen molar-refractivity contribution in [1.29, 1.82) is 0 Å². The van der Waals surface area contributed by atoms with Crippen LogP contribution < -0.4 is 16.4 Å². The molecule has 0 fully saturated rings. The summed E-state index contributed by atoms with van der Waals surface area (Å²) in [6.45, 7) is 2.65. The maximum Gasteiger partial charge on any atom is 0.328 e. The lowest BCUT2D eigenvalue weighted by molar-refractivity contribution is -0.153. The Morgan fingerprint density at radius 1 is 0.923 bits per heavy atom. The summed E-state index contributed by atoms with van der Waals surface area (Å²) >= 11 is 1.75. The number of carboxylic acids is 1. The zero-order valence-corrected chi connectivity index (χ0v) is 29.6. The standard InChI is InChI=1S/C40H41FN4O6S/c1-3-33(45-38(49)34-23-22-32(41)35(26-42)44-34)37(48)43-27(2)39(50)51-31(25-36(46)47)21-13-14-24-52-40(28-15-7-4-8-16-28,29-17-9-5-10-18-29)30-19-11-6-12-20-30/h3-13,15-23,27,31H,14,24-26,42H2,1-2H3,(H,43,48)(H,45,49)(H,46,47)/b21-13+,33-3-/t27-,31+/m0/s1. The average Bonchev–Trinajstić information content (AvgIpc) is 3.16. The number of carbonyl (C=O) groups is 4. The van der Waals surface area contributed by atoms with Crippen molar-refractivity contribution in [3.63, 3.8) is 0 Å². The minimum atomic E-state index is -1.20. The minimum Gasteiger partial charge on any atom is -0.481 e. The number of hydrogen-bond donors (Lipinski definition) is 4. The molecule has 10 nitrogen and oxygen atoms in total. The molecule has 270 valence electrons. The molecule has 1 aromatic heterocycles. The van der Waals surface area contributed by atoms with Gasteiger partial charge in [0, 0.05) is 6.54 Å². The lowest BCUT2D eigenvalue weighted by atomic mass is 9.84. The molecule has 0 spiro atoms. The number of benzene rings is 3. The van der Waals surface area contributed by atoms with Crippen LogP contribution in [0.25, 0.3) is 0 Å². The summed E-state index contributed by atoms with van der Waals surface area (Å²) in [6, 6.07) is 31.7. The third-order valence-corrected chi connectivity index (χ3v) is 9.55. The summed E-state index contributed by atoms with van der Waals surface area (Å²) in [7, 11) is 0. The maximum absolute atomic E-state index is 13.8. The fraction of sp³-hybridized carbons (Fsp3) is 0.225. The number of nitrogens with one attached hydrogen (secondary N) is 2. The van der Waals surface area contributed by atoms with Gasteiger partial charge in [-0.25, -0.2) is 14.2 Å². The highest BCUT2D eigenvalue weighted by molar-refractivity contribution is 8.00. The van der Waals surface area contributed by atoms with E-state index >= 15 is 0 Å². The van der Waals surface area contributed by atoms with Crippen LogP contribution in [-0.2, 0) is 30.4 Å². The van der Waals surface area contributed by atoms with Gasteiger partial charge in [-0.2, -0.15) is 0 Å². The number of nitrogens with zero attached hydrogens (tertiary/aromatic N) is 1. The van der Waals surface area contributed by atoms with Gasteiger partial charge in [-0.15, -0.1) is 11.8 Å². The number of aromatic nitrogens is 1. The van der Waals surface area contributed by atoms with Gasteiger partial charge < -0.3 is 26.2 Å². The third kappa shape index (κ3) is 10.2. The number of esters is 1. The minimum absolute atomic E-state index is 0.112. The molecule has 0 unspecified atom stereocenters. The highest BCUT2D eigenvalue weighted by Gasteiger charge is 2.36. The second-order valence-electron chi connectivity index (χ2n) is 11.6. The van der Waals surface area contributed by atoms with Crippen LogP contribution in [0.2, 0.25) is 0 Å². The molecule has 52 heavy (non-hydrogen) atoms. The summed E-state index contributed by atoms with van der Waals surface area (Å²) in [6.07, 6.45) is 3.60. The Morgan fingerprint density at radius 2 is 1.48 bits per heavy atom. The molecule has 0 bridgehead atoms. The van der Waals surface area contributed by atoms with Crippen molar-refractivity contribution < 1.29 is 33.4 Å². The molecule has 4 rings (SSSR count). The number of nitrogens with two attached hydrogens (primary N) is 1. The smallest absolute Gasteiger partial charge is 0.328 e. The van der Waals surface area contributed by atoms with Crippen molar-refractivity contribution in [2.24, 2.45) is 5.73 Å². The number of rotatable bonds is 17. The second-order valence-corrected chi connectivity index (χ2v) is 12.9. The van der Waals surface area contributed by atoms with E-state index in [1.54, 1.807) is 23.9 Å². The molecule has 0 aliphatic carbocycles. The molecular formula is C40H41FN4O6S. The van der Waals surface area contributed by atoms with Gasteiger partial charge in [0.05, 0.1) is 16.9 Å². The number of carbonyl (C=O) groups excluding carboxylic acids is 3. The molecule has 0 aliphatic rings. The van der Waals surface area contributed by atoms with E-state index in [9.17, 15) is 28.7 Å². The molecule has 2 atom stereocenters. The number of halogens is 1.